The van der Waals surface area contributed by atoms with E-state index in [1.807, 2.05) is 59.5 Å². The molecule has 2 amide bonds. The number of nitrogens with one attached hydrogen (secondary N) is 2. The van der Waals surface area contributed by atoms with Crippen molar-refractivity contribution in [1.29, 1.82) is 0 Å². The molecule has 0 unspecified atom stereocenters. The molecule has 3 aromatic rings. The molecule has 1 saturated heterocycles. The van der Waals surface area contributed by atoms with E-state index in [4.69, 9.17) is 0 Å². The Morgan fingerprint density at radius 1 is 1.04 bits per heavy atom. The monoisotopic (exact) mass is 376 g/mol. The summed E-state index contributed by atoms with van der Waals surface area (Å²) in [6.45, 7) is 1.26. The Morgan fingerprint density at radius 2 is 1.75 bits per heavy atom. The van der Waals surface area contributed by atoms with E-state index in [-0.39, 0.29) is 17.9 Å². The first kappa shape index (κ1) is 18.2. The largest absolute Gasteiger partial charge is 0.353 e. The summed E-state index contributed by atoms with van der Waals surface area (Å²) in [7, 11) is 0. The fraction of sp³-hybridized carbons (Fsp3) is 0.318. The number of piperidine rings is 1. The molecule has 1 aromatic heterocycles. The summed E-state index contributed by atoms with van der Waals surface area (Å²) in [5, 5.41) is 11.1. The van der Waals surface area contributed by atoms with Gasteiger partial charge in [0.2, 0.25) is 5.91 Å². The first-order chi connectivity index (χ1) is 13.7. The minimum absolute atomic E-state index is 0.0497. The second-order valence-corrected chi connectivity index (χ2v) is 7.24. The van der Waals surface area contributed by atoms with Crippen molar-refractivity contribution in [3.05, 3.63) is 65.9 Å². The van der Waals surface area contributed by atoms with Crippen LogP contribution in [0, 0.1) is 0 Å². The number of hydrogen-bond donors (Lipinski definition) is 2. The summed E-state index contributed by atoms with van der Waals surface area (Å²) in [6, 6.07) is 17.8. The predicted octanol–water partition coefficient (Wildman–Crippen LogP) is 2.92. The molecule has 0 atom stereocenters. The molecule has 2 N–H and O–H groups in total. The minimum atomic E-state index is -0.0497. The molecule has 28 heavy (non-hydrogen) atoms. The molecule has 0 saturated carbocycles. The zero-order valence-corrected chi connectivity index (χ0v) is 15.7. The Kier molecular flexibility index (Phi) is 5.37. The van der Waals surface area contributed by atoms with Gasteiger partial charge in [0.25, 0.3) is 5.91 Å². The van der Waals surface area contributed by atoms with Crippen molar-refractivity contribution in [3.8, 4) is 0 Å². The molecule has 1 aliphatic heterocycles. The Balaban J connectivity index is 1.27. The average Bonchev–Trinajstić information content (AvgIpc) is 3.17. The number of benzene rings is 2. The highest BCUT2D eigenvalue weighted by atomic mass is 16.2. The molecule has 0 bridgehead atoms. The number of amides is 2. The number of rotatable bonds is 5. The number of para-hydroxylation sites is 1. The highest BCUT2D eigenvalue weighted by Gasteiger charge is 2.26. The standard InChI is InChI=1S/C22H24N4O2/c27-20(11-10-16-6-2-1-3-7-16)23-17-12-14-26(15-13-17)22(28)21-18-8-4-5-9-19(18)24-25-21/h1-9,17H,10-15H2,(H,23,27)(H,24,25). The van der Waals surface area contributed by atoms with Gasteiger partial charge in [-0.1, -0.05) is 48.5 Å². The van der Waals surface area contributed by atoms with Crippen LogP contribution in [-0.4, -0.2) is 46.0 Å². The molecular weight excluding hydrogens is 352 g/mol. The van der Waals surface area contributed by atoms with Crippen LogP contribution in [0.2, 0.25) is 0 Å². The van der Waals surface area contributed by atoms with E-state index in [1.165, 1.54) is 5.56 Å². The van der Waals surface area contributed by atoms with Crippen LogP contribution in [-0.2, 0) is 11.2 Å². The van der Waals surface area contributed by atoms with Gasteiger partial charge in [0.15, 0.2) is 5.69 Å². The van der Waals surface area contributed by atoms with Gasteiger partial charge in [-0.25, -0.2) is 0 Å². The van der Waals surface area contributed by atoms with Gasteiger partial charge in [-0.2, -0.15) is 5.10 Å². The smallest absolute Gasteiger partial charge is 0.274 e. The van der Waals surface area contributed by atoms with E-state index in [0.717, 1.165) is 30.2 Å². The van der Waals surface area contributed by atoms with Crippen molar-refractivity contribution < 1.29 is 9.59 Å². The van der Waals surface area contributed by atoms with E-state index in [9.17, 15) is 9.59 Å². The molecule has 1 aliphatic rings. The summed E-state index contributed by atoms with van der Waals surface area (Å²) >= 11 is 0. The Hall–Kier alpha value is -3.15. The van der Waals surface area contributed by atoms with Crippen LogP contribution in [0.1, 0.15) is 35.3 Å². The lowest BCUT2D eigenvalue weighted by molar-refractivity contribution is -0.122. The summed E-state index contributed by atoms with van der Waals surface area (Å²) in [4.78, 5) is 26.9. The minimum Gasteiger partial charge on any atom is -0.353 e. The molecule has 6 heteroatoms. The Morgan fingerprint density at radius 3 is 2.54 bits per heavy atom. The van der Waals surface area contributed by atoms with Crippen molar-refractivity contribution in [2.24, 2.45) is 0 Å². The molecule has 2 aromatic carbocycles. The van der Waals surface area contributed by atoms with Gasteiger partial charge in [0.05, 0.1) is 5.52 Å². The van der Waals surface area contributed by atoms with E-state index in [1.54, 1.807) is 0 Å². The number of aromatic nitrogens is 2. The number of aromatic amines is 1. The van der Waals surface area contributed by atoms with Crippen molar-refractivity contribution in [2.45, 2.75) is 31.7 Å². The number of H-pyrrole nitrogens is 1. The lowest BCUT2D eigenvalue weighted by atomic mass is 10.0. The maximum atomic E-state index is 12.8. The van der Waals surface area contributed by atoms with Crippen molar-refractivity contribution in [2.75, 3.05) is 13.1 Å². The molecular formula is C22H24N4O2. The van der Waals surface area contributed by atoms with Gasteiger partial charge in [-0.05, 0) is 30.9 Å². The molecule has 2 heterocycles. The van der Waals surface area contributed by atoms with Crippen molar-refractivity contribution in [3.63, 3.8) is 0 Å². The van der Waals surface area contributed by atoms with Crippen LogP contribution in [0.5, 0.6) is 0 Å². The maximum absolute atomic E-state index is 12.8. The topological polar surface area (TPSA) is 78.1 Å². The zero-order valence-electron chi connectivity index (χ0n) is 15.7. The number of aryl methyl sites for hydroxylation is 1. The third kappa shape index (κ3) is 4.06. The van der Waals surface area contributed by atoms with E-state index in [0.29, 0.717) is 25.2 Å². The number of hydrogen-bond acceptors (Lipinski definition) is 3. The molecule has 4 rings (SSSR count). The Labute approximate surface area is 163 Å². The van der Waals surface area contributed by atoms with E-state index < -0.39 is 0 Å². The van der Waals surface area contributed by atoms with E-state index >= 15 is 0 Å². The normalized spacial score (nSPS) is 14.9. The second-order valence-electron chi connectivity index (χ2n) is 7.24. The van der Waals surface area contributed by atoms with Crippen LogP contribution in [0.15, 0.2) is 54.6 Å². The molecule has 0 spiro atoms. The molecule has 6 nitrogen and oxygen atoms in total. The van der Waals surface area contributed by atoms with Gasteiger partial charge in [-0.15, -0.1) is 0 Å². The number of carbonyl (C=O) groups excluding carboxylic acids is 2. The van der Waals surface area contributed by atoms with Crippen LogP contribution in [0.3, 0.4) is 0 Å². The SMILES string of the molecule is O=C(CCc1ccccc1)NC1CCN(C(=O)c2n[nH]c3ccccc23)CC1. The first-order valence-corrected chi connectivity index (χ1v) is 9.76. The molecule has 1 fully saturated rings. The lowest BCUT2D eigenvalue weighted by Gasteiger charge is -2.32. The summed E-state index contributed by atoms with van der Waals surface area (Å²) < 4.78 is 0. The van der Waals surface area contributed by atoms with E-state index in [2.05, 4.69) is 15.5 Å². The van der Waals surface area contributed by atoms with Crippen molar-refractivity contribution in [1.82, 2.24) is 20.4 Å². The second kappa shape index (κ2) is 8.25. The molecule has 144 valence electrons. The molecule has 0 radical (unpaired) electrons. The third-order valence-electron chi connectivity index (χ3n) is 5.30. The van der Waals surface area contributed by atoms with Gasteiger partial charge in [-0.3, -0.25) is 14.7 Å². The number of fused-ring (bicyclic) bond motifs is 1. The average molecular weight is 376 g/mol. The zero-order chi connectivity index (χ0) is 19.3. The van der Waals surface area contributed by atoms with Crippen LogP contribution < -0.4 is 5.32 Å². The maximum Gasteiger partial charge on any atom is 0.274 e. The van der Waals surface area contributed by atoms with Gasteiger partial charge >= 0.3 is 0 Å². The highest BCUT2D eigenvalue weighted by molar-refractivity contribution is 6.04. The van der Waals surface area contributed by atoms with Gasteiger partial charge < -0.3 is 10.2 Å². The first-order valence-electron chi connectivity index (χ1n) is 9.76. The fourth-order valence-electron chi connectivity index (χ4n) is 3.71. The van der Waals surface area contributed by atoms with Crippen molar-refractivity contribution >= 4 is 22.7 Å². The summed E-state index contributed by atoms with van der Waals surface area (Å²) in [5.74, 6) is 0.0261. The number of nitrogens with zero attached hydrogens (tertiary/aromatic N) is 2. The quantitative estimate of drug-likeness (QED) is 0.719. The number of likely N-dealkylation sites (tertiary alicyclic amines) is 1. The van der Waals surface area contributed by atoms with Crippen LogP contribution >= 0.6 is 0 Å². The highest BCUT2D eigenvalue weighted by Crippen LogP contribution is 2.19. The number of carbonyl (C=O) groups is 2. The summed E-state index contributed by atoms with van der Waals surface area (Å²) in [6.07, 6.45) is 2.77. The summed E-state index contributed by atoms with van der Waals surface area (Å²) in [5.41, 5.74) is 2.51. The fourth-order valence-corrected chi connectivity index (χ4v) is 3.71. The van der Waals surface area contributed by atoms with Crippen LogP contribution in [0.4, 0.5) is 0 Å². The van der Waals surface area contributed by atoms with Gasteiger partial charge in [0, 0.05) is 30.9 Å². The van der Waals surface area contributed by atoms with Crippen LogP contribution in [0.25, 0.3) is 10.9 Å². The Bertz CT molecular complexity index is 959. The lowest BCUT2D eigenvalue weighted by Crippen LogP contribution is -2.46. The predicted molar refractivity (Wildman–Crippen MR) is 108 cm³/mol. The van der Waals surface area contributed by atoms with Gasteiger partial charge in [0.1, 0.15) is 0 Å². The molecule has 0 aliphatic carbocycles. The third-order valence-corrected chi connectivity index (χ3v) is 5.30.